The van der Waals surface area contributed by atoms with Crippen molar-refractivity contribution in [2.45, 2.75) is 69.3 Å². The van der Waals surface area contributed by atoms with Gasteiger partial charge in [-0.05, 0) is 24.3 Å². The highest BCUT2D eigenvalue weighted by atomic mass is 32.2. The quantitative estimate of drug-likeness (QED) is 0.179. The fraction of sp³-hybridized carbons (Fsp3) is 0.833. The Morgan fingerprint density at radius 2 is 1.87 bits per heavy atom. The Kier molecular flexibility index (Phi) is 11.0. The van der Waals surface area contributed by atoms with E-state index in [0.717, 1.165) is 0 Å². The smallest absolute Gasteiger partial charge is 0.332 e. The van der Waals surface area contributed by atoms with Crippen molar-refractivity contribution in [2.75, 3.05) is 18.6 Å². The Morgan fingerprint density at radius 3 is 2.40 bits per heavy atom. The zero-order chi connectivity index (χ0) is 23.0. The molecule has 0 aliphatic carbocycles. The molecule has 8 N–H and O–H groups in total. The first-order chi connectivity index (χ1) is 14.0. The fourth-order valence-corrected chi connectivity index (χ4v) is 3.37. The van der Waals surface area contributed by atoms with Crippen molar-refractivity contribution in [3.8, 4) is 0 Å². The molecular weight excluding hydrogens is 418 g/mol. The number of rotatable bonds is 11. The van der Waals surface area contributed by atoms with Crippen LogP contribution in [-0.2, 0) is 19.1 Å². The van der Waals surface area contributed by atoms with E-state index in [1.807, 2.05) is 6.26 Å². The van der Waals surface area contributed by atoms with Crippen molar-refractivity contribution in [1.82, 2.24) is 10.6 Å². The van der Waals surface area contributed by atoms with Gasteiger partial charge in [-0.2, -0.15) is 11.8 Å². The van der Waals surface area contributed by atoms with Gasteiger partial charge in [0, 0.05) is 13.0 Å². The molecule has 174 valence electrons. The summed E-state index contributed by atoms with van der Waals surface area (Å²) in [4.78, 5) is 35.9. The Labute approximate surface area is 179 Å². The van der Waals surface area contributed by atoms with Crippen LogP contribution in [0.25, 0.3) is 0 Å². The molecule has 0 saturated carbocycles. The van der Waals surface area contributed by atoms with Gasteiger partial charge in [-0.15, -0.1) is 0 Å². The van der Waals surface area contributed by atoms with Crippen LogP contribution in [-0.4, -0.2) is 99.4 Å². The molecule has 12 heteroatoms. The number of nitrogens with two attached hydrogens (primary N) is 1. The predicted octanol–water partition coefficient (Wildman–Crippen LogP) is -2.35. The summed E-state index contributed by atoms with van der Waals surface area (Å²) in [5.41, 5.74) is 5.82. The van der Waals surface area contributed by atoms with E-state index in [9.17, 15) is 29.7 Å². The fourth-order valence-electron chi connectivity index (χ4n) is 2.90. The summed E-state index contributed by atoms with van der Waals surface area (Å²) in [5, 5.41) is 44.3. The molecule has 0 bridgehead atoms. The van der Waals surface area contributed by atoms with Crippen LogP contribution < -0.4 is 16.4 Å². The second kappa shape index (κ2) is 12.4. The van der Waals surface area contributed by atoms with Gasteiger partial charge in [0.1, 0.15) is 24.4 Å². The van der Waals surface area contributed by atoms with E-state index in [1.165, 1.54) is 11.8 Å². The van der Waals surface area contributed by atoms with Gasteiger partial charge in [0.05, 0.1) is 12.1 Å². The molecule has 2 amide bonds. The number of aliphatic hydroxyl groups is 3. The lowest BCUT2D eigenvalue weighted by atomic mass is 9.94. The molecule has 30 heavy (non-hydrogen) atoms. The van der Waals surface area contributed by atoms with Gasteiger partial charge >= 0.3 is 5.97 Å². The molecule has 0 radical (unpaired) electrons. The molecule has 1 aliphatic heterocycles. The molecule has 0 aromatic heterocycles. The van der Waals surface area contributed by atoms with E-state index in [2.05, 4.69) is 10.6 Å². The molecule has 1 aliphatic rings. The number of ether oxygens (including phenoxy) is 1. The van der Waals surface area contributed by atoms with Crippen LogP contribution in [0, 0.1) is 5.92 Å². The molecule has 1 rings (SSSR count). The summed E-state index contributed by atoms with van der Waals surface area (Å²) < 4.78 is 5.17. The third-order valence-electron chi connectivity index (χ3n) is 4.91. The van der Waals surface area contributed by atoms with Gasteiger partial charge in [-0.3, -0.25) is 9.59 Å². The number of thioether (sulfide) groups is 1. The largest absolute Gasteiger partial charge is 0.479 e. The number of nitrogens with one attached hydrogen (secondary N) is 2. The molecule has 7 atom stereocenters. The molecular formula is C18H33N3O8S. The second-order valence-corrected chi connectivity index (χ2v) is 8.63. The molecule has 0 aromatic carbocycles. The Bertz CT molecular complexity index is 594. The Morgan fingerprint density at radius 1 is 1.23 bits per heavy atom. The van der Waals surface area contributed by atoms with Crippen LogP contribution >= 0.6 is 11.8 Å². The van der Waals surface area contributed by atoms with Crippen molar-refractivity contribution >= 4 is 29.5 Å². The highest BCUT2D eigenvalue weighted by molar-refractivity contribution is 7.98. The molecule has 1 saturated heterocycles. The number of aliphatic hydroxyl groups excluding tert-OH is 3. The lowest BCUT2D eigenvalue weighted by molar-refractivity contribution is -0.208. The first-order valence-electron chi connectivity index (χ1n) is 9.74. The van der Waals surface area contributed by atoms with E-state index >= 15 is 0 Å². The summed E-state index contributed by atoms with van der Waals surface area (Å²) in [6.07, 6.45) is -5.28. The second-order valence-electron chi connectivity index (χ2n) is 7.65. The number of amides is 2. The molecule has 11 nitrogen and oxygen atoms in total. The number of hydrogen-bond acceptors (Lipinski definition) is 9. The van der Waals surface area contributed by atoms with E-state index in [-0.39, 0.29) is 18.9 Å². The third-order valence-corrected chi connectivity index (χ3v) is 5.56. The van der Waals surface area contributed by atoms with Crippen LogP contribution in [0.1, 0.15) is 26.7 Å². The van der Waals surface area contributed by atoms with Crippen LogP contribution in [0.3, 0.4) is 0 Å². The van der Waals surface area contributed by atoms with Crippen molar-refractivity contribution < 1.29 is 39.5 Å². The summed E-state index contributed by atoms with van der Waals surface area (Å²) >= 11 is 1.49. The average molecular weight is 452 g/mol. The number of aliphatic carboxylic acids is 1. The summed E-state index contributed by atoms with van der Waals surface area (Å²) in [7, 11) is 0. The lowest BCUT2D eigenvalue weighted by Crippen LogP contribution is -2.58. The van der Waals surface area contributed by atoms with Crippen molar-refractivity contribution in [1.29, 1.82) is 0 Å². The zero-order valence-electron chi connectivity index (χ0n) is 17.4. The first-order valence-corrected chi connectivity index (χ1v) is 11.1. The van der Waals surface area contributed by atoms with E-state index in [0.29, 0.717) is 12.2 Å². The minimum Gasteiger partial charge on any atom is -0.479 e. The van der Waals surface area contributed by atoms with Crippen molar-refractivity contribution in [3.05, 3.63) is 0 Å². The number of carbonyl (C=O) groups excluding carboxylic acids is 2. The van der Waals surface area contributed by atoms with Crippen LogP contribution in [0.2, 0.25) is 0 Å². The lowest BCUT2D eigenvalue weighted by Gasteiger charge is -2.37. The molecule has 1 heterocycles. The van der Waals surface area contributed by atoms with E-state index in [4.69, 9.17) is 15.6 Å². The van der Waals surface area contributed by atoms with Gasteiger partial charge in [-0.25, -0.2) is 4.79 Å². The Balaban J connectivity index is 2.72. The zero-order valence-corrected chi connectivity index (χ0v) is 18.2. The summed E-state index contributed by atoms with van der Waals surface area (Å²) in [6, 6.07) is -1.66. The molecule has 0 aromatic rings. The number of carbonyl (C=O) groups is 3. The minimum absolute atomic E-state index is 0.116. The van der Waals surface area contributed by atoms with Crippen molar-refractivity contribution in [3.63, 3.8) is 0 Å². The molecule has 0 spiro atoms. The van der Waals surface area contributed by atoms with E-state index < -0.39 is 60.4 Å². The minimum atomic E-state index is -1.51. The third kappa shape index (κ3) is 7.67. The van der Waals surface area contributed by atoms with Crippen molar-refractivity contribution in [2.24, 2.45) is 11.7 Å². The SMILES string of the molecule is CSCC[C@H](NC(=O)[C@@H](N)C(C)C)C(=O)NC[C@@H](O)[C@H]1O[C@H](C(=O)O)C[C@@H](O)[C@H]1O. The van der Waals surface area contributed by atoms with Crippen LogP contribution in [0.15, 0.2) is 0 Å². The van der Waals surface area contributed by atoms with Crippen LogP contribution in [0.4, 0.5) is 0 Å². The van der Waals surface area contributed by atoms with Gasteiger partial charge < -0.3 is 41.5 Å². The molecule has 0 unspecified atom stereocenters. The maximum absolute atomic E-state index is 12.5. The maximum atomic E-state index is 12.5. The van der Waals surface area contributed by atoms with E-state index in [1.54, 1.807) is 13.8 Å². The predicted molar refractivity (Wildman–Crippen MR) is 110 cm³/mol. The van der Waals surface area contributed by atoms with Crippen LogP contribution in [0.5, 0.6) is 0 Å². The maximum Gasteiger partial charge on any atom is 0.332 e. The number of hydrogen-bond donors (Lipinski definition) is 7. The van der Waals surface area contributed by atoms with Gasteiger partial charge in [0.2, 0.25) is 11.8 Å². The first kappa shape index (κ1) is 26.6. The standard InChI is InChI=1S/C18H33N3O8S/c1-8(2)13(19)17(26)21-9(4-5-30-3)16(25)20-7-11(23)15-14(24)10(22)6-12(29-15)18(27)28/h8-15,22-24H,4-7,19H2,1-3H3,(H,20,25)(H,21,26)(H,27,28)/t9-,10+,11+,12-,13-,14+,15+/m0/s1. The van der Waals surface area contributed by atoms with Gasteiger partial charge in [0.15, 0.2) is 6.10 Å². The topological polar surface area (TPSA) is 191 Å². The highest BCUT2D eigenvalue weighted by Crippen LogP contribution is 2.23. The van der Waals surface area contributed by atoms with Gasteiger partial charge in [-0.1, -0.05) is 13.8 Å². The normalized spacial score (nSPS) is 27.2. The highest BCUT2D eigenvalue weighted by Gasteiger charge is 2.43. The summed E-state index contributed by atoms with van der Waals surface area (Å²) in [6.45, 7) is 3.19. The number of carboxylic acid groups (broad SMARTS) is 1. The monoisotopic (exact) mass is 451 g/mol. The molecule has 1 fully saturated rings. The summed E-state index contributed by atoms with van der Waals surface area (Å²) in [5.74, 6) is -1.88. The average Bonchev–Trinajstić information content (AvgIpc) is 2.69. The van der Waals surface area contributed by atoms with Gasteiger partial charge in [0.25, 0.3) is 0 Å². The number of carboxylic acids is 1. The Hall–Kier alpha value is -1.44.